The number of hydrogen-bond acceptors (Lipinski definition) is 4. The first kappa shape index (κ1) is 15.8. The van der Waals surface area contributed by atoms with E-state index in [2.05, 4.69) is 16.9 Å². The Morgan fingerprint density at radius 1 is 1.35 bits per heavy atom. The van der Waals surface area contributed by atoms with Crippen LogP contribution >= 0.6 is 0 Å². The number of halogens is 1. The molecule has 1 fully saturated rings. The summed E-state index contributed by atoms with van der Waals surface area (Å²) < 4.78 is 13.9. The Balaban J connectivity index is 2.05. The molecule has 23 heavy (non-hydrogen) atoms. The lowest BCUT2D eigenvalue weighted by atomic mass is 9.90. The van der Waals surface area contributed by atoms with Crippen molar-refractivity contribution in [1.29, 1.82) is 0 Å². The van der Waals surface area contributed by atoms with Crippen molar-refractivity contribution in [3.8, 4) is 0 Å². The minimum Gasteiger partial charge on any atom is -0.338 e. The number of nitrogens with two attached hydrogens (primary N) is 1. The minimum atomic E-state index is -0.473. The lowest BCUT2D eigenvalue weighted by Crippen LogP contribution is -2.34. The van der Waals surface area contributed by atoms with Crippen LogP contribution in [-0.2, 0) is 0 Å². The smallest absolute Gasteiger partial charge is 0.256 e. The van der Waals surface area contributed by atoms with E-state index < -0.39 is 5.82 Å². The van der Waals surface area contributed by atoms with Gasteiger partial charge in [0.05, 0.1) is 22.5 Å². The molecule has 1 aliphatic rings. The highest BCUT2D eigenvalue weighted by molar-refractivity contribution is 6.04. The minimum absolute atomic E-state index is 0.0724. The van der Waals surface area contributed by atoms with Crippen LogP contribution in [0, 0.1) is 25.1 Å². The summed E-state index contributed by atoms with van der Waals surface area (Å²) in [5, 5.41) is 0. The van der Waals surface area contributed by atoms with E-state index in [-0.39, 0.29) is 16.9 Å². The van der Waals surface area contributed by atoms with Crippen LogP contribution < -0.4 is 5.73 Å². The third-order valence-electron chi connectivity index (χ3n) is 4.71. The SMILES string of the molecule is Cc1nc2cc(F)cc(C(=O)N3CCC(C)(CN)C3)c2nc1C. The molecule has 2 aromatic rings. The fourth-order valence-corrected chi connectivity index (χ4v) is 2.99. The van der Waals surface area contributed by atoms with Gasteiger partial charge in [0.1, 0.15) is 11.3 Å². The maximum absolute atomic E-state index is 13.9. The highest BCUT2D eigenvalue weighted by atomic mass is 19.1. The van der Waals surface area contributed by atoms with Gasteiger partial charge in [-0.05, 0) is 38.3 Å². The van der Waals surface area contributed by atoms with E-state index in [4.69, 9.17) is 5.73 Å². The molecular weight excluding hydrogens is 295 g/mol. The van der Waals surface area contributed by atoms with Crippen molar-refractivity contribution < 1.29 is 9.18 Å². The van der Waals surface area contributed by atoms with E-state index in [1.165, 1.54) is 12.1 Å². The number of fused-ring (bicyclic) bond motifs is 1. The first-order valence-corrected chi connectivity index (χ1v) is 7.77. The van der Waals surface area contributed by atoms with Crippen LogP contribution in [0.1, 0.15) is 35.1 Å². The Hall–Kier alpha value is -2.08. The monoisotopic (exact) mass is 316 g/mol. The molecule has 1 saturated heterocycles. The maximum Gasteiger partial charge on any atom is 0.256 e. The quantitative estimate of drug-likeness (QED) is 0.922. The van der Waals surface area contributed by atoms with E-state index in [1.54, 1.807) is 4.90 Å². The van der Waals surface area contributed by atoms with Crippen molar-refractivity contribution >= 4 is 16.9 Å². The zero-order valence-electron chi connectivity index (χ0n) is 13.7. The summed E-state index contributed by atoms with van der Waals surface area (Å²) in [5.41, 5.74) is 8.35. The van der Waals surface area contributed by atoms with Gasteiger partial charge in [0.2, 0.25) is 0 Å². The summed E-state index contributed by atoms with van der Waals surface area (Å²) in [7, 11) is 0. The molecule has 0 spiro atoms. The zero-order valence-corrected chi connectivity index (χ0v) is 13.7. The number of aryl methyl sites for hydroxylation is 2. The molecule has 0 bridgehead atoms. The number of benzene rings is 1. The van der Waals surface area contributed by atoms with Crippen LogP contribution in [0.15, 0.2) is 12.1 Å². The first-order valence-electron chi connectivity index (χ1n) is 7.77. The lowest BCUT2D eigenvalue weighted by Gasteiger charge is -2.23. The summed E-state index contributed by atoms with van der Waals surface area (Å²) in [6, 6.07) is 2.58. The molecule has 5 nitrogen and oxygen atoms in total. The molecule has 1 atom stereocenters. The molecular formula is C17H21FN4O. The van der Waals surface area contributed by atoms with Gasteiger partial charge in [0, 0.05) is 19.2 Å². The fraction of sp³-hybridized carbons (Fsp3) is 0.471. The van der Waals surface area contributed by atoms with Crippen molar-refractivity contribution in [1.82, 2.24) is 14.9 Å². The molecule has 2 heterocycles. The van der Waals surface area contributed by atoms with Crippen LogP contribution in [-0.4, -0.2) is 40.4 Å². The molecule has 1 aliphatic heterocycles. The van der Waals surface area contributed by atoms with Crippen LogP contribution in [0.3, 0.4) is 0 Å². The summed E-state index contributed by atoms with van der Waals surface area (Å²) in [4.78, 5) is 23.4. The highest BCUT2D eigenvalue weighted by Crippen LogP contribution is 2.30. The van der Waals surface area contributed by atoms with E-state index in [0.717, 1.165) is 17.8 Å². The van der Waals surface area contributed by atoms with Gasteiger partial charge >= 0.3 is 0 Å². The number of carbonyl (C=O) groups excluding carboxylic acids is 1. The van der Waals surface area contributed by atoms with Gasteiger partial charge in [-0.3, -0.25) is 4.79 Å². The predicted octanol–water partition coefficient (Wildman–Crippen LogP) is 2.20. The number of aromatic nitrogens is 2. The Bertz CT molecular complexity index is 792. The van der Waals surface area contributed by atoms with Crippen LogP contribution in [0.4, 0.5) is 4.39 Å². The van der Waals surface area contributed by atoms with Gasteiger partial charge in [-0.2, -0.15) is 0 Å². The molecule has 0 radical (unpaired) electrons. The molecule has 2 N–H and O–H groups in total. The molecule has 0 saturated carbocycles. The number of carbonyl (C=O) groups is 1. The maximum atomic E-state index is 13.9. The first-order chi connectivity index (χ1) is 10.8. The molecule has 6 heteroatoms. The Labute approximate surface area is 134 Å². The topological polar surface area (TPSA) is 72.1 Å². The van der Waals surface area contributed by atoms with Gasteiger partial charge in [-0.15, -0.1) is 0 Å². The van der Waals surface area contributed by atoms with Crippen molar-refractivity contribution in [2.45, 2.75) is 27.2 Å². The van der Waals surface area contributed by atoms with Crippen molar-refractivity contribution in [3.63, 3.8) is 0 Å². The summed E-state index contributed by atoms with van der Waals surface area (Å²) >= 11 is 0. The highest BCUT2D eigenvalue weighted by Gasteiger charge is 2.35. The average Bonchev–Trinajstić information content (AvgIpc) is 2.91. The number of nitrogens with zero attached hydrogens (tertiary/aromatic N) is 3. The molecule has 1 aromatic carbocycles. The average molecular weight is 316 g/mol. The Morgan fingerprint density at radius 2 is 2.04 bits per heavy atom. The second-order valence-corrected chi connectivity index (χ2v) is 6.71. The zero-order chi connectivity index (χ0) is 16.8. The number of likely N-dealkylation sites (tertiary alicyclic amines) is 1. The fourth-order valence-electron chi connectivity index (χ4n) is 2.99. The van der Waals surface area contributed by atoms with Crippen molar-refractivity contribution in [2.75, 3.05) is 19.6 Å². The molecule has 1 amide bonds. The molecule has 1 unspecified atom stereocenters. The van der Waals surface area contributed by atoms with Gasteiger partial charge in [0.25, 0.3) is 5.91 Å². The standard InChI is InChI=1S/C17H21FN4O/c1-10-11(2)21-15-13(6-12(18)7-14(15)20-10)16(23)22-5-4-17(3,8-19)9-22/h6-7H,4-5,8-9,19H2,1-3H3. The van der Waals surface area contributed by atoms with Crippen molar-refractivity contribution in [2.24, 2.45) is 11.1 Å². The lowest BCUT2D eigenvalue weighted by molar-refractivity contribution is 0.0778. The largest absolute Gasteiger partial charge is 0.338 e. The third kappa shape index (κ3) is 2.79. The van der Waals surface area contributed by atoms with E-state index >= 15 is 0 Å². The summed E-state index contributed by atoms with van der Waals surface area (Å²) in [6.07, 6.45) is 0.853. The number of hydrogen-bond donors (Lipinski definition) is 1. The summed E-state index contributed by atoms with van der Waals surface area (Å²) in [6.45, 7) is 7.46. The summed E-state index contributed by atoms with van der Waals surface area (Å²) in [5.74, 6) is -0.677. The second kappa shape index (κ2) is 5.53. The van der Waals surface area contributed by atoms with Crippen molar-refractivity contribution in [3.05, 3.63) is 34.9 Å². The number of rotatable bonds is 2. The van der Waals surface area contributed by atoms with E-state index in [0.29, 0.717) is 30.7 Å². The van der Waals surface area contributed by atoms with Gasteiger partial charge < -0.3 is 10.6 Å². The normalized spacial score (nSPS) is 21.2. The van der Waals surface area contributed by atoms with Crippen LogP contribution in [0.25, 0.3) is 11.0 Å². The van der Waals surface area contributed by atoms with Crippen LogP contribution in [0.2, 0.25) is 0 Å². The van der Waals surface area contributed by atoms with E-state index in [1.807, 2.05) is 13.8 Å². The van der Waals surface area contributed by atoms with E-state index in [9.17, 15) is 9.18 Å². The Morgan fingerprint density at radius 3 is 2.70 bits per heavy atom. The Kier molecular flexibility index (Phi) is 3.80. The molecule has 1 aromatic heterocycles. The second-order valence-electron chi connectivity index (χ2n) is 6.71. The van der Waals surface area contributed by atoms with Gasteiger partial charge in [0.15, 0.2) is 0 Å². The molecule has 122 valence electrons. The van der Waals surface area contributed by atoms with Gasteiger partial charge in [-0.25, -0.2) is 14.4 Å². The molecule has 3 rings (SSSR count). The third-order valence-corrected chi connectivity index (χ3v) is 4.71. The van der Waals surface area contributed by atoms with Gasteiger partial charge in [-0.1, -0.05) is 6.92 Å². The predicted molar refractivity (Wildman–Crippen MR) is 86.7 cm³/mol. The molecule has 0 aliphatic carbocycles. The number of amides is 1. The van der Waals surface area contributed by atoms with Crippen LogP contribution in [0.5, 0.6) is 0 Å².